The number of carbonyl (C=O) groups is 1. The highest BCUT2D eigenvalue weighted by molar-refractivity contribution is 7.99. The summed E-state index contributed by atoms with van der Waals surface area (Å²) in [6.07, 6.45) is 1.94. The standard InChI is InChI=1S/C22H25N3O3S/c1-4-8-15(2)23-20(26)14-29-22-24-19-12-6-5-11-18(19)21(27)25(22)16-9-7-10-17(13-16)28-3/h5-7,9-13,15H,4,8,14H2,1-3H3,(H,23,26)/t15-/m1/s1. The maximum Gasteiger partial charge on any atom is 0.266 e. The van der Waals surface area contributed by atoms with Crippen LogP contribution in [-0.2, 0) is 4.79 Å². The Bertz CT molecular complexity index is 1060. The van der Waals surface area contributed by atoms with E-state index >= 15 is 0 Å². The molecular formula is C22H25N3O3S. The molecule has 3 aromatic rings. The fourth-order valence-corrected chi connectivity index (χ4v) is 3.96. The molecule has 29 heavy (non-hydrogen) atoms. The molecule has 1 atom stereocenters. The normalized spacial score (nSPS) is 12.0. The van der Waals surface area contributed by atoms with E-state index in [9.17, 15) is 9.59 Å². The summed E-state index contributed by atoms with van der Waals surface area (Å²) < 4.78 is 6.84. The molecule has 0 aliphatic rings. The number of fused-ring (bicyclic) bond motifs is 1. The van der Waals surface area contributed by atoms with Crippen molar-refractivity contribution in [3.63, 3.8) is 0 Å². The van der Waals surface area contributed by atoms with E-state index in [1.165, 1.54) is 16.3 Å². The van der Waals surface area contributed by atoms with Gasteiger partial charge in [-0.25, -0.2) is 4.98 Å². The number of amides is 1. The molecule has 1 N–H and O–H groups in total. The van der Waals surface area contributed by atoms with Crippen LogP contribution in [0.3, 0.4) is 0 Å². The van der Waals surface area contributed by atoms with Crippen molar-refractivity contribution < 1.29 is 9.53 Å². The fraction of sp³-hybridized carbons (Fsp3) is 0.318. The van der Waals surface area contributed by atoms with Gasteiger partial charge in [0, 0.05) is 12.1 Å². The molecule has 1 heterocycles. The maximum absolute atomic E-state index is 13.2. The number of para-hydroxylation sites is 1. The molecule has 152 valence electrons. The summed E-state index contributed by atoms with van der Waals surface area (Å²) in [5, 5.41) is 3.99. The van der Waals surface area contributed by atoms with Crippen LogP contribution in [0.5, 0.6) is 5.75 Å². The summed E-state index contributed by atoms with van der Waals surface area (Å²) in [6.45, 7) is 4.08. The SMILES string of the molecule is CCC[C@@H](C)NC(=O)CSc1nc2ccccc2c(=O)n1-c1cccc(OC)c1. The zero-order valence-electron chi connectivity index (χ0n) is 16.8. The molecule has 2 aromatic carbocycles. The maximum atomic E-state index is 13.2. The van der Waals surface area contributed by atoms with Gasteiger partial charge in [0.15, 0.2) is 5.16 Å². The zero-order chi connectivity index (χ0) is 20.8. The number of aromatic nitrogens is 2. The molecule has 0 saturated heterocycles. The molecule has 0 saturated carbocycles. The fourth-order valence-electron chi connectivity index (χ4n) is 3.14. The Kier molecular flexibility index (Phi) is 6.93. The van der Waals surface area contributed by atoms with Crippen LogP contribution in [-0.4, -0.2) is 34.4 Å². The van der Waals surface area contributed by atoms with Gasteiger partial charge >= 0.3 is 0 Å². The molecule has 7 heteroatoms. The second-order valence-corrected chi connectivity index (χ2v) is 7.74. The number of carbonyl (C=O) groups excluding carboxylic acids is 1. The average Bonchev–Trinajstić information content (AvgIpc) is 2.72. The monoisotopic (exact) mass is 411 g/mol. The predicted octanol–water partition coefficient (Wildman–Crippen LogP) is 3.79. The van der Waals surface area contributed by atoms with E-state index in [-0.39, 0.29) is 23.3 Å². The Morgan fingerprint density at radius 3 is 2.79 bits per heavy atom. The molecule has 0 unspecified atom stereocenters. The van der Waals surface area contributed by atoms with Gasteiger partial charge in [-0.15, -0.1) is 0 Å². The van der Waals surface area contributed by atoms with Crippen molar-refractivity contribution in [2.45, 2.75) is 37.9 Å². The number of benzene rings is 2. The van der Waals surface area contributed by atoms with Gasteiger partial charge in [0.2, 0.25) is 5.91 Å². The van der Waals surface area contributed by atoms with Crippen molar-refractivity contribution in [3.05, 3.63) is 58.9 Å². The van der Waals surface area contributed by atoms with E-state index < -0.39 is 0 Å². The first-order chi connectivity index (χ1) is 14.0. The Labute approximate surface area is 174 Å². The predicted molar refractivity (Wildman–Crippen MR) is 117 cm³/mol. The van der Waals surface area contributed by atoms with Gasteiger partial charge in [-0.3, -0.25) is 14.2 Å². The molecule has 0 spiro atoms. The van der Waals surface area contributed by atoms with Crippen LogP contribution >= 0.6 is 11.8 Å². The average molecular weight is 412 g/mol. The topological polar surface area (TPSA) is 73.2 Å². The van der Waals surface area contributed by atoms with E-state index in [1.54, 1.807) is 25.3 Å². The van der Waals surface area contributed by atoms with Gasteiger partial charge in [0.1, 0.15) is 5.75 Å². The number of ether oxygens (including phenoxy) is 1. The summed E-state index contributed by atoms with van der Waals surface area (Å²) >= 11 is 1.25. The van der Waals surface area contributed by atoms with Crippen LogP contribution in [0.15, 0.2) is 58.5 Å². The Morgan fingerprint density at radius 2 is 2.03 bits per heavy atom. The second-order valence-electron chi connectivity index (χ2n) is 6.80. The van der Waals surface area contributed by atoms with Gasteiger partial charge in [-0.05, 0) is 37.6 Å². The van der Waals surface area contributed by atoms with Crippen LogP contribution in [0.25, 0.3) is 16.6 Å². The number of methoxy groups -OCH3 is 1. The molecule has 0 bridgehead atoms. The minimum absolute atomic E-state index is 0.0736. The highest BCUT2D eigenvalue weighted by Gasteiger charge is 2.16. The van der Waals surface area contributed by atoms with Crippen molar-refractivity contribution >= 4 is 28.6 Å². The summed E-state index contributed by atoms with van der Waals surface area (Å²) in [6, 6.07) is 14.6. The van der Waals surface area contributed by atoms with E-state index in [1.807, 2.05) is 37.3 Å². The highest BCUT2D eigenvalue weighted by Crippen LogP contribution is 2.23. The largest absolute Gasteiger partial charge is 0.497 e. The third-order valence-electron chi connectivity index (χ3n) is 4.52. The Balaban J connectivity index is 1.98. The molecule has 1 amide bonds. The second kappa shape index (κ2) is 9.60. The number of hydrogen-bond donors (Lipinski definition) is 1. The summed E-state index contributed by atoms with van der Waals surface area (Å²) in [4.78, 5) is 30.2. The first kappa shape index (κ1) is 20.9. The Morgan fingerprint density at radius 1 is 1.24 bits per heavy atom. The van der Waals surface area contributed by atoms with Crippen LogP contribution in [0.1, 0.15) is 26.7 Å². The first-order valence-electron chi connectivity index (χ1n) is 9.62. The van der Waals surface area contributed by atoms with Crippen LogP contribution in [0.4, 0.5) is 0 Å². The van der Waals surface area contributed by atoms with Gasteiger partial charge in [0.05, 0.1) is 29.5 Å². The van der Waals surface area contributed by atoms with E-state index in [2.05, 4.69) is 17.2 Å². The van der Waals surface area contributed by atoms with Crippen molar-refractivity contribution in [1.29, 1.82) is 0 Å². The molecule has 0 aliphatic heterocycles. The lowest BCUT2D eigenvalue weighted by molar-refractivity contribution is -0.119. The summed E-state index contributed by atoms with van der Waals surface area (Å²) in [5.41, 5.74) is 1.08. The smallest absolute Gasteiger partial charge is 0.266 e. The quantitative estimate of drug-likeness (QED) is 0.451. The van der Waals surface area contributed by atoms with Crippen molar-refractivity contribution in [1.82, 2.24) is 14.9 Å². The molecule has 6 nitrogen and oxygen atoms in total. The zero-order valence-corrected chi connectivity index (χ0v) is 17.7. The molecule has 0 aliphatic carbocycles. The Hall–Kier alpha value is -2.80. The van der Waals surface area contributed by atoms with E-state index in [0.29, 0.717) is 27.5 Å². The summed E-state index contributed by atoms with van der Waals surface area (Å²) in [7, 11) is 1.58. The lowest BCUT2D eigenvalue weighted by Gasteiger charge is -2.15. The van der Waals surface area contributed by atoms with Crippen molar-refractivity contribution in [3.8, 4) is 11.4 Å². The van der Waals surface area contributed by atoms with Crippen LogP contribution in [0, 0.1) is 0 Å². The highest BCUT2D eigenvalue weighted by atomic mass is 32.2. The lowest BCUT2D eigenvalue weighted by atomic mass is 10.2. The number of thioether (sulfide) groups is 1. The number of rotatable bonds is 8. The van der Waals surface area contributed by atoms with Crippen molar-refractivity contribution in [2.75, 3.05) is 12.9 Å². The van der Waals surface area contributed by atoms with Gasteiger partial charge in [-0.1, -0.05) is 43.3 Å². The minimum atomic E-state index is -0.175. The molecule has 3 rings (SSSR count). The van der Waals surface area contributed by atoms with Gasteiger partial charge in [0.25, 0.3) is 5.56 Å². The van der Waals surface area contributed by atoms with Crippen LogP contribution in [0.2, 0.25) is 0 Å². The minimum Gasteiger partial charge on any atom is -0.497 e. The molecule has 0 fully saturated rings. The number of nitrogens with one attached hydrogen (secondary N) is 1. The van der Waals surface area contributed by atoms with Crippen LogP contribution < -0.4 is 15.6 Å². The third kappa shape index (κ3) is 4.98. The first-order valence-corrected chi connectivity index (χ1v) is 10.6. The molecular weight excluding hydrogens is 386 g/mol. The third-order valence-corrected chi connectivity index (χ3v) is 5.46. The van der Waals surface area contributed by atoms with Gasteiger partial charge < -0.3 is 10.1 Å². The number of nitrogens with zero attached hydrogens (tertiary/aromatic N) is 2. The molecule has 0 radical (unpaired) electrons. The van der Waals surface area contributed by atoms with E-state index in [0.717, 1.165) is 12.8 Å². The number of hydrogen-bond acceptors (Lipinski definition) is 5. The van der Waals surface area contributed by atoms with Gasteiger partial charge in [-0.2, -0.15) is 0 Å². The molecule has 1 aromatic heterocycles. The van der Waals surface area contributed by atoms with E-state index in [4.69, 9.17) is 4.74 Å². The van der Waals surface area contributed by atoms with Crippen molar-refractivity contribution in [2.24, 2.45) is 0 Å². The summed E-state index contributed by atoms with van der Waals surface area (Å²) in [5.74, 6) is 0.753. The lowest BCUT2D eigenvalue weighted by Crippen LogP contribution is -2.34.